The molecule has 0 spiro atoms. The van der Waals surface area contributed by atoms with Crippen LogP contribution >= 0.6 is 0 Å². The Balaban J connectivity index is 2.33. The van der Waals surface area contributed by atoms with E-state index in [1.807, 2.05) is 43.3 Å². The largest absolute Gasteiger partial charge is 0.384 e. The van der Waals surface area contributed by atoms with Crippen LogP contribution in [0.15, 0.2) is 42.6 Å². The lowest BCUT2D eigenvalue weighted by Crippen LogP contribution is -2.22. The lowest BCUT2D eigenvalue weighted by Gasteiger charge is -2.21. The van der Waals surface area contributed by atoms with Crippen LogP contribution in [0.4, 0.5) is 0 Å². The minimum atomic E-state index is -0.678. The Kier molecular flexibility index (Phi) is 4.12. The maximum atomic E-state index is 10.3. The van der Waals surface area contributed by atoms with Crippen molar-refractivity contribution in [3.63, 3.8) is 0 Å². The summed E-state index contributed by atoms with van der Waals surface area (Å²) < 4.78 is 7.03. The number of benzene rings is 1. The van der Waals surface area contributed by atoms with Gasteiger partial charge >= 0.3 is 0 Å². The van der Waals surface area contributed by atoms with E-state index in [0.717, 1.165) is 17.8 Å². The molecule has 0 aliphatic heterocycles. The number of nitrogens with zero attached hydrogens (tertiary/aromatic N) is 2. The van der Waals surface area contributed by atoms with Gasteiger partial charge in [-0.2, -0.15) is 5.10 Å². The number of para-hydroxylation sites is 1. The fourth-order valence-electron chi connectivity index (χ4n) is 2.03. The smallest absolute Gasteiger partial charge is 0.122 e. The van der Waals surface area contributed by atoms with Crippen molar-refractivity contribution < 1.29 is 9.84 Å². The maximum absolute atomic E-state index is 10.3. The molecule has 0 aliphatic rings. The number of hydrogen-bond acceptors (Lipinski definition) is 3. The normalized spacial score (nSPS) is 14.4. The first-order valence-electron chi connectivity index (χ1n) is 6.08. The van der Waals surface area contributed by atoms with Crippen molar-refractivity contribution in [1.82, 2.24) is 9.78 Å². The number of hydrogen-bond donors (Lipinski definition) is 1. The van der Waals surface area contributed by atoms with Crippen molar-refractivity contribution in [3.8, 4) is 5.69 Å². The van der Waals surface area contributed by atoms with Gasteiger partial charge in [-0.25, -0.2) is 4.68 Å². The molecule has 1 aromatic carbocycles. The first kappa shape index (κ1) is 12.8. The summed E-state index contributed by atoms with van der Waals surface area (Å²) in [5.41, 5.74) is 1.68. The van der Waals surface area contributed by atoms with Crippen LogP contribution < -0.4 is 0 Å². The van der Waals surface area contributed by atoms with Crippen molar-refractivity contribution in [1.29, 1.82) is 0 Å². The summed E-state index contributed by atoms with van der Waals surface area (Å²) in [6.45, 7) is 1.99. The van der Waals surface area contributed by atoms with Gasteiger partial charge in [-0.05, 0) is 24.6 Å². The van der Waals surface area contributed by atoms with E-state index < -0.39 is 6.10 Å². The van der Waals surface area contributed by atoms with Crippen LogP contribution in [0, 0.1) is 0 Å². The first-order valence-corrected chi connectivity index (χ1v) is 6.08. The number of ether oxygens (including phenoxy) is 1. The highest BCUT2D eigenvalue weighted by Gasteiger charge is 2.22. The van der Waals surface area contributed by atoms with Crippen molar-refractivity contribution in [2.45, 2.75) is 25.6 Å². The van der Waals surface area contributed by atoms with Crippen molar-refractivity contribution in [3.05, 3.63) is 48.3 Å². The highest BCUT2D eigenvalue weighted by atomic mass is 16.5. The molecule has 1 N–H and O–H groups in total. The van der Waals surface area contributed by atoms with E-state index in [0.29, 0.717) is 0 Å². The molecule has 0 radical (unpaired) electrons. The van der Waals surface area contributed by atoms with E-state index in [1.54, 1.807) is 18.0 Å². The lowest BCUT2D eigenvalue weighted by molar-refractivity contribution is -0.0180. The van der Waals surface area contributed by atoms with E-state index in [4.69, 9.17) is 4.74 Å². The molecule has 0 fully saturated rings. The second-order valence-corrected chi connectivity index (χ2v) is 4.13. The topological polar surface area (TPSA) is 47.3 Å². The zero-order valence-electron chi connectivity index (χ0n) is 10.7. The molecular weight excluding hydrogens is 228 g/mol. The predicted molar refractivity (Wildman–Crippen MR) is 69.6 cm³/mol. The first-order chi connectivity index (χ1) is 8.77. The van der Waals surface area contributed by atoms with E-state index in [9.17, 15) is 5.11 Å². The quantitative estimate of drug-likeness (QED) is 0.880. The summed E-state index contributed by atoms with van der Waals surface area (Å²) in [7, 11) is 1.61. The highest BCUT2D eigenvalue weighted by molar-refractivity contribution is 5.33. The maximum Gasteiger partial charge on any atom is 0.122 e. The van der Waals surface area contributed by atoms with Crippen LogP contribution in [-0.4, -0.2) is 28.1 Å². The molecule has 4 heteroatoms. The Hall–Kier alpha value is -1.65. The van der Waals surface area contributed by atoms with Gasteiger partial charge in [0, 0.05) is 13.3 Å². The molecule has 1 aromatic heterocycles. The SMILES string of the molecule is CCC(OC)C(O)c1ccnn1-c1ccccc1. The fraction of sp³-hybridized carbons (Fsp3) is 0.357. The van der Waals surface area contributed by atoms with Crippen molar-refractivity contribution in [2.75, 3.05) is 7.11 Å². The van der Waals surface area contributed by atoms with Gasteiger partial charge < -0.3 is 9.84 Å². The summed E-state index contributed by atoms with van der Waals surface area (Å²) in [6, 6.07) is 11.6. The fourth-order valence-corrected chi connectivity index (χ4v) is 2.03. The third-order valence-electron chi connectivity index (χ3n) is 3.03. The van der Waals surface area contributed by atoms with Crippen LogP contribution in [0.2, 0.25) is 0 Å². The Bertz CT molecular complexity index is 478. The van der Waals surface area contributed by atoms with Gasteiger partial charge in [-0.3, -0.25) is 0 Å². The van der Waals surface area contributed by atoms with Crippen molar-refractivity contribution in [2.24, 2.45) is 0 Å². The van der Waals surface area contributed by atoms with Gasteiger partial charge in [0.15, 0.2) is 0 Å². The van der Waals surface area contributed by atoms with Gasteiger partial charge in [0.1, 0.15) is 6.10 Å². The number of methoxy groups -OCH3 is 1. The number of aliphatic hydroxyl groups excluding tert-OH is 1. The van der Waals surface area contributed by atoms with Gasteiger partial charge in [0.05, 0.1) is 17.5 Å². The molecule has 4 nitrogen and oxygen atoms in total. The van der Waals surface area contributed by atoms with E-state index in [1.165, 1.54) is 0 Å². The zero-order valence-corrected chi connectivity index (χ0v) is 10.7. The molecule has 18 heavy (non-hydrogen) atoms. The molecule has 2 rings (SSSR count). The monoisotopic (exact) mass is 246 g/mol. The Morgan fingerprint density at radius 3 is 2.61 bits per heavy atom. The standard InChI is InChI=1S/C14H18N2O2/c1-3-13(18-2)14(17)12-9-10-15-16(12)11-7-5-4-6-8-11/h4-10,13-14,17H,3H2,1-2H3. The average molecular weight is 246 g/mol. The molecular formula is C14H18N2O2. The summed E-state index contributed by atoms with van der Waals surface area (Å²) in [5, 5.41) is 14.6. The number of rotatable bonds is 5. The average Bonchev–Trinajstić information content (AvgIpc) is 2.90. The molecule has 96 valence electrons. The lowest BCUT2D eigenvalue weighted by atomic mass is 10.1. The Morgan fingerprint density at radius 2 is 2.00 bits per heavy atom. The molecule has 0 saturated heterocycles. The second-order valence-electron chi connectivity index (χ2n) is 4.13. The van der Waals surface area contributed by atoms with Crippen LogP contribution in [0.25, 0.3) is 5.69 Å². The summed E-state index contributed by atoms with van der Waals surface area (Å²) in [6.07, 6.45) is 1.54. The number of aliphatic hydroxyl groups is 1. The van der Waals surface area contributed by atoms with Gasteiger partial charge in [0.2, 0.25) is 0 Å². The van der Waals surface area contributed by atoms with Crippen LogP contribution in [0.3, 0.4) is 0 Å². The summed E-state index contributed by atoms with van der Waals surface area (Å²) in [5.74, 6) is 0. The minimum Gasteiger partial charge on any atom is -0.384 e. The molecule has 0 amide bonds. The molecule has 0 aliphatic carbocycles. The van der Waals surface area contributed by atoms with Gasteiger partial charge in [-0.15, -0.1) is 0 Å². The minimum absolute atomic E-state index is 0.218. The predicted octanol–water partition coefficient (Wildman–Crippen LogP) is 2.33. The Morgan fingerprint density at radius 1 is 1.28 bits per heavy atom. The van der Waals surface area contributed by atoms with Gasteiger partial charge in [-0.1, -0.05) is 25.1 Å². The highest BCUT2D eigenvalue weighted by Crippen LogP contribution is 2.23. The van der Waals surface area contributed by atoms with Crippen LogP contribution in [0.5, 0.6) is 0 Å². The molecule has 2 atom stereocenters. The zero-order chi connectivity index (χ0) is 13.0. The summed E-state index contributed by atoms with van der Waals surface area (Å²) in [4.78, 5) is 0. The van der Waals surface area contributed by atoms with Crippen molar-refractivity contribution >= 4 is 0 Å². The molecule has 2 unspecified atom stereocenters. The van der Waals surface area contributed by atoms with Crippen LogP contribution in [-0.2, 0) is 4.74 Å². The molecule has 2 aromatic rings. The third kappa shape index (κ3) is 2.44. The van der Waals surface area contributed by atoms with Crippen LogP contribution in [0.1, 0.15) is 25.1 Å². The summed E-state index contributed by atoms with van der Waals surface area (Å²) >= 11 is 0. The van der Waals surface area contributed by atoms with E-state index >= 15 is 0 Å². The van der Waals surface area contributed by atoms with Gasteiger partial charge in [0.25, 0.3) is 0 Å². The molecule has 0 saturated carbocycles. The third-order valence-corrected chi connectivity index (χ3v) is 3.03. The Labute approximate surface area is 107 Å². The van der Waals surface area contributed by atoms with E-state index in [-0.39, 0.29) is 6.10 Å². The second kappa shape index (κ2) is 5.80. The molecule has 1 heterocycles. The number of aromatic nitrogens is 2. The van der Waals surface area contributed by atoms with E-state index in [2.05, 4.69) is 5.10 Å². The molecule has 0 bridgehead atoms.